The number of hydrogen-bond donors (Lipinski definition) is 1. The smallest absolute Gasteiger partial charge is 0.230 e. The van der Waals surface area contributed by atoms with E-state index in [0.29, 0.717) is 34.4 Å². The SMILES string of the molecule is O=C(CSc1ccccc1)NCCSCc1c(F)cccc1Cl. The first-order chi connectivity index (χ1) is 11.2. The number of carbonyl (C=O) groups is 1. The highest BCUT2D eigenvalue weighted by molar-refractivity contribution is 8.00. The maximum Gasteiger partial charge on any atom is 0.230 e. The van der Waals surface area contributed by atoms with Crippen LogP contribution < -0.4 is 5.32 Å². The van der Waals surface area contributed by atoms with Crippen molar-refractivity contribution in [1.29, 1.82) is 0 Å². The highest BCUT2D eigenvalue weighted by Crippen LogP contribution is 2.23. The molecule has 0 fully saturated rings. The number of carbonyl (C=O) groups excluding carboxylic acids is 1. The van der Waals surface area contributed by atoms with Crippen molar-refractivity contribution in [3.8, 4) is 0 Å². The largest absolute Gasteiger partial charge is 0.355 e. The average Bonchev–Trinajstić information content (AvgIpc) is 2.56. The summed E-state index contributed by atoms with van der Waals surface area (Å²) in [4.78, 5) is 12.8. The van der Waals surface area contributed by atoms with Gasteiger partial charge in [-0.15, -0.1) is 11.8 Å². The van der Waals surface area contributed by atoms with Crippen molar-refractivity contribution in [1.82, 2.24) is 5.32 Å². The molecule has 0 saturated carbocycles. The molecule has 1 amide bonds. The van der Waals surface area contributed by atoms with E-state index >= 15 is 0 Å². The minimum Gasteiger partial charge on any atom is -0.355 e. The highest BCUT2D eigenvalue weighted by atomic mass is 35.5. The number of halogens is 2. The molecule has 0 radical (unpaired) electrons. The van der Waals surface area contributed by atoms with Crippen LogP contribution in [-0.4, -0.2) is 24.0 Å². The van der Waals surface area contributed by atoms with Crippen LogP contribution >= 0.6 is 35.1 Å². The Morgan fingerprint density at radius 2 is 1.91 bits per heavy atom. The lowest BCUT2D eigenvalue weighted by molar-refractivity contribution is -0.118. The van der Waals surface area contributed by atoms with Crippen molar-refractivity contribution in [2.24, 2.45) is 0 Å². The van der Waals surface area contributed by atoms with E-state index in [4.69, 9.17) is 11.6 Å². The van der Waals surface area contributed by atoms with Gasteiger partial charge in [-0.2, -0.15) is 11.8 Å². The Morgan fingerprint density at radius 1 is 1.13 bits per heavy atom. The van der Waals surface area contributed by atoms with Crippen molar-refractivity contribution in [3.63, 3.8) is 0 Å². The molecule has 0 aliphatic heterocycles. The van der Waals surface area contributed by atoms with Crippen molar-refractivity contribution < 1.29 is 9.18 Å². The molecule has 0 aliphatic carbocycles. The standard InChI is InChI=1S/C17H17ClFNOS2/c18-15-7-4-8-16(19)14(15)11-22-10-9-20-17(21)12-23-13-5-2-1-3-6-13/h1-8H,9-12H2,(H,20,21). The van der Waals surface area contributed by atoms with Crippen LogP contribution in [0.3, 0.4) is 0 Å². The van der Waals surface area contributed by atoms with Gasteiger partial charge in [-0.3, -0.25) is 4.79 Å². The molecule has 2 aromatic rings. The fourth-order valence-electron chi connectivity index (χ4n) is 1.82. The Kier molecular flexibility index (Phi) is 7.79. The Labute approximate surface area is 149 Å². The molecule has 0 heterocycles. The van der Waals surface area contributed by atoms with E-state index in [2.05, 4.69) is 5.32 Å². The molecule has 0 saturated heterocycles. The Hall–Kier alpha value is -1.17. The molecule has 2 aromatic carbocycles. The first-order valence-electron chi connectivity index (χ1n) is 7.12. The van der Waals surface area contributed by atoms with Gasteiger partial charge in [-0.1, -0.05) is 35.9 Å². The lowest BCUT2D eigenvalue weighted by Crippen LogP contribution is -2.27. The fourth-order valence-corrected chi connectivity index (χ4v) is 3.77. The summed E-state index contributed by atoms with van der Waals surface area (Å²) in [5.41, 5.74) is 0.519. The number of benzene rings is 2. The lowest BCUT2D eigenvalue weighted by Gasteiger charge is -2.07. The third kappa shape index (κ3) is 6.45. The van der Waals surface area contributed by atoms with Gasteiger partial charge in [-0.25, -0.2) is 4.39 Å². The molecule has 0 aliphatic rings. The Balaban J connectivity index is 1.61. The lowest BCUT2D eigenvalue weighted by atomic mass is 10.2. The maximum absolute atomic E-state index is 13.6. The van der Waals surface area contributed by atoms with Crippen molar-refractivity contribution in [2.75, 3.05) is 18.1 Å². The van der Waals surface area contributed by atoms with Gasteiger partial charge in [0.2, 0.25) is 5.91 Å². The van der Waals surface area contributed by atoms with Crippen LogP contribution in [0.4, 0.5) is 4.39 Å². The second kappa shape index (κ2) is 9.85. The normalized spacial score (nSPS) is 10.5. The minimum atomic E-state index is -0.284. The summed E-state index contributed by atoms with van der Waals surface area (Å²) in [6.45, 7) is 0.560. The fraction of sp³-hybridized carbons (Fsp3) is 0.235. The maximum atomic E-state index is 13.6. The topological polar surface area (TPSA) is 29.1 Å². The zero-order valence-corrected chi connectivity index (χ0v) is 14.8. The number of amides is 1. The minimum absolute atomic E-state index is 0.00313. The number of thioether (sulfide) groups is 2. The van der Waals surface area contributed by atoms with E-state index in [9.17, 15) is 9.18 Å². The predicted octanol–water partition coefficient (Wildman–Crippen LogP) is 4.62. The highest BCUT2D eigenvalue weighted by Gasteiger charge is 2.07. The first-order valence-corrected chi connectivity index (χ1v) is 9.64. The van der Waals surface area contributed by atoms with Crippen LogP contribution in [0.5, 0.6) is 0 Å². The molecular formula is C17H17ClFNOS2. The zero-order chi connectivity index (χ0) is 16.5. The van der Waals surface area contributed by atoms with Crippen LogP contribution in [0.25, 0.3) is 0 Å². The summed E-state index contributed by atoms with van der Waals surface area (Å²) in [5, 5.41) is 3.31. The van der Waals surface area contributed by atoms with Crippen LogP contribution in [-0.2, 0) is 10.5 Å². The summed E-state index contributed by atoms with van der Waals surface area (Å²) in [6, 6.07) is 14.5. The molecule has 0 unspecified atom stereocenters. The van der Waals surface area contributed by atoms with Gasteiger partial charge in [0, 0.05) is 33.5 Å². The van der Waals surface area contributed by atoms with E-state index in [1.165, 1.54) is 17.8 Å². The molecule has 23 heavy (non-hydrogen) atoms. The number of hydrogen-bond acceptors (Lipinski definition) is 3. The van der Waals surface area contributed by atoms with E-state index < -0.39 is 0 Å². The van der Waals surface area contributed by atoms with Gasteiger partial charge in [0.05, 0.1) is 5.75 Å². The average molecular weight is 370 g/mol. The van der Waals surface area contributed by atoms with Crippen molar-refractivity contribution in [3.05, 3.63) is 64.9 Å². The third-order valence-corrected chi connectivity index (χ3v) is 5.34. The number of rotatable bonds is 8. The van der Waals surface area contributed by atoms with Gasteiger partial charge in [-0.05, 0) is 24.3 Å². The Bertz CT molecular complexity index is 619. The second-order valence-electron chi connectivity index (χ2n) is 4.70. The van der Waals surface area contributed by atoms with Crippen molar-refractivity contribution >= 4 is 41.0 Å². The van der Waals surface area contributed by atoms with E-state index in [1.54, 1.807) is 23.9 Å². The zero-order valence-electron chi connectivity index (χ0n) is 12.4. The van der Waals surface area contributed by atoms with Gasteiger partial charge >= 0.3 is 0 Å². The molecule has 2 rings (SSSR count). The predicted molar refractivity (Wildman–Crippen MR) is 97.7 cm³/mol. The monoisotopic (exact) mass is 369 g/mol. The first kappa shape index (κ1) is 18.2. The summed E-state index contributed by atoms with van der Waals surface area (Å²) < 4.78 is 13.6. The second-order valence-corrected chi connectivity index (χ2v) is 7.27. The molecule has 0 atom stereocenters. The third-order valence-electron chi connectivity index (χ3n) is 2.99. The van der Waals surface area contributed by atoms with Gasteiger partial charge < -0.3 is 5.32 Å². The van der Waals surface area contributed by atoms with E-state index in [1.807, 2.05) is 30.3 Å². The molecule has 0 aromatic heterocycles. The molecule has 6 heteroatoms. The van der Waals surface area contributed by atoms with Crippen LogP contribution in [0, 0.1) is 5.82 Å². The van der Waals surface area contributed by atoms with Gasteiger partial charge in [0.1, 0.15) is 5.82 Å². The molecule has 0 spiro atoms. The van der Waals surface area contributed by atoms with Gasteiger partial charge in [0.15, 0.2) is 0 Å². The van der Waals surface area contributed by atoms with Crippen LogP contribution in [0.2, 0.25) is 5.02 Å². The van der Waals surface area contributed by atoms with Gasteiger partial charge in [0.25, 0.3) is 0 Å². The molecule has 122 valence electrons. The molecular weight excluding hydrogens is 353 g/mol. The summed E-state index contributed by atoms with van der Waals surface area (Å²) >= 11 is 9.02. The molecule has 0 bridgehead atoms. The molecule has 2 nitrogen and oxygen atoms in total. The number of nitrogens with one attached hydrogen (secondary N) is 1. The van der Waals surface area contributed by atoms with Crippen LogP contribution in [0.15, 0.2) is 53.4 Å². The van der Waals surface area contributed by atoms with Crippen molar-refractivity contribution in [2.45, 2.75) is 10.6 Å². The summed E-state index contributed by atoms with van der Waals surface area (Å²) in [6.07, 6.45) is 0. The quantitative estimate of drug-likeness (QED) is 0.543. The van der Waals surface area contributed by atoms with E-state index in [-0.39, 0.29) is 11.7 Å². The van der Waals surface area contributed by atoms with E-state index in [0.717, 1.165) is 4.90 Å². The summed E-state index contributed by atoms with van der Waals surface area (Å²) in [5.74, 6) is 1.33. The Morgan fingerprint density at radius 3 is 2.65 bits per heavy atom. The van der Waals surface area contributed by atoms with Crippen LogP contribution in [0.1, 0.15) is 5.56 Å². The molecule has 1 N–H and O–H groups in total. The summed E-state index contributed by atoms with van der Waals surface area (Å²) in [7, 11) is 0.